The minimum absolute atomic E-state index is 0.0990. The zero-order chi connectivity index (χ0) is 17.4. The summed E-state index contributed by atoms with van der Waals surface area (Å²) >= 11 is 6.05. The van der Waals surface area contributed by atoms with Gasteiger partial charge in [-0.05, 0) is 45.1 Å². The molecule has 0 bridgehead atoms. The Morgan fingerprint density at radius 3 is 2.65 bits per heavy atom. The molecular formula is C17H28ClN3O2. The van der Waals surface area contributed by atoms with Crippen molar-refractivity contribution in [3.63, 3.8) is 0 Å². The van der Waals surface area contributed by atoms with Gasteiger partial charge in [-0.15, -0.1) is 0 Å². The number of carbonyl (C=O) groups is 1. The average Bonchev–Trinajstić information content (AvgIpc) is 2.47. The number of nitrogens with zero attached hydrogens (tertiary/aromatic N) is 2. The minimum Gasteiger partial charge on any atom is -0.494 e. The number of rotatable bonds is 8. The van der Waals surface area contributed by atoms with Gasteiger partial charge in [-0.25, -0.2) is 4.79 Å². The molecule has 1 rings (SSSR count). The van der Waals surface area contributed by atoms with Crippen LogP contribution in [-0.4, -0.2) is 56.7 Å². The third-order valence-electron chi connectivity index (χ3n) is 3.36. The molecular weight excluding hydrogens is 314 g/mol. The summed E-state index contributed by atoms with van der Waals surface area (Å²) < 4.78 is 5.59. The molecule has 0 aromatic heterocycles. The van der Waals surface area contributed by atoms with Crippen LogP contribution < -0.4 is 10.1 Å². The highest BCUT2D eigenvalue weighted by Crippen LogP contribution is 2.24. The molecule has 2 amide bonds. The van der Waals surface area contributed by atoms with Gasteiger partial charge in [-0.1, -0.05) is 18.5 Å². The van der Waals surface area contributed by atoms with Crippen LogP contribution in [0.3, 0.4) is 0 Å². The normalized spacial score (nSPS) is 12.1. The Morgan fingerprint density at radius 1 is 1.35 bits per heavy atom. The van der Waals surface area contributed by atoms with E-state index in [0.717, 1.165) is 17.9 Å². The second-order valence-corrected chi connectivity index (χ2v) is 6.53. The second-order valence-electron chi connectivity index (χ2n) is 6.09. The molecule has 1 atom stereocenters. The Hall–Kier alpha value is -1.46. The molecule has 5 nitrogen and oxygen atoms in total. The van der Waals surface area contributed by atoms with Gasteiger partial charge >= 0.3 is 6.03 Å². The van der Waals surface area contributed by atoms with Crippen molar-refractivity contribution in [3.05, 3.63) is 28.8 Å². The molecule has 0 aliphatic heterocycles. The first-order valence-electron chi connectivity index (χ1n) is 7.88. The van der Waals surface area contributed by atoms with Crippen LogP contribution in [0.25, 0.3) is 0 Å². The van der Waals surface area contributed by atoms with Gasteiger partial charge in [0, 0.05) is 30.7 Å². The first-order valence-corrected chi connectivity index (χ1v) is 8.26. The van der Waals surface area contributed by atoms with Crippen LogP contribution >= 0.6 is 11.6 Å². The van der Waals surface area contributed by atoms with Crippen molar-refractivity contribution >= 4 is 17.6 Å². The highest BCUT2D eigenvalue weighted by atomic mass is 35.5. The lowest BCUT2D eigenvalue weighted by molar-refractivity contribution is 0.203. The van der Waals surface area contributed by atoms with Crippen molar-refractivity contribution < 1.29 is 9.53 Å². The number of halogens is 1. The molecule has 0 fully saturated rings. The number of nitrogens with one attached hydrogen (secondary N) is 1. The lowest BCUT2D eigenvalue weighted by Crippen LogP contribution is -2.40. The van der Waals surface area contributed by atoms with Crippen molar-refractivity contribution in [2.24, 2.45) is 5.92 Å². The van der Waals surface area contributed by atoms with Gasteiger partial charge in [0.1, 0.15) is 5.75 Å². The van der Waals surface area contributed by atoms with Gasteiger partial charge in [-0.3, -0.25) is 0 Å². The van der Waals surface area contributed by atoms with Gasteiger partial charge < -0.3 is 19.9 Å². The highest BCUT2D eigenvalue weighted by molar-refractivity contribution is 6.30. The van der Waals surface area contributed by atoms with E-state index in [4.69, 9.17) is 16.3 Å². The van der Waals surface area contributed by atoms with E-state index in [1.165, 1.54) is 0 Å². The third kappa shape index (κ3) is 7.10. The molecule has 0 heterocycles. The Kier molecular flexibility index (Phi) is 8.20. The summed E-state index contributed by atoms with van der Waals surface area (Å²) in [6.45, 7) is 6.66. The molecule has 0 spiro atoms. The number of benzene rings is 1. The summed E-state index contributed by atoms with van der Waals surface area (Å²) in [7, 11) is 5.82. The minimum atomic E-state index is -0.0990. The average molecular weight is 342 g/mol. The first-order chi connectivity index (χ1) is 10.8. The molecule has 0 aliphatic rings. The van der Waals surface area contributed by atoms with Crippen molar-refractivity contribution in [2.75, 3.05) is 40.8 Å². The van der Waals surface area contributed by atoms with E-state index in [9.17, 15) is 4.79 Å². The van der Waals surface area contributed by atoms with Crippen LogP contribution in [0.4, 0.5) is 4.79 Å². The fourth-order valence-electron chi connectivity index (χ4n) is 2.38. The largest absolute Gasteiger partial charge is 0.494 e. The zero-order valence-corrected chi connectivity index (χ0v) is 15.5. The van der Waals surface area contributed by atoms with E-state index in [-0.39, 0.29) is 6.03 Å². The van der Waals surface area contributed by atoms with Crippen LogP contribution in [0.1, 0.15) is 19.4 Å². The second kappa shape index (κ2) is 9.63. The SMILES string of the molecule is CCOc1ccc(Cl)cc1CN(C)C(=O)NC[C@@H](C)CN(C)C. The zero-order valence-electron chi connectivity index (χ0n) is 14.7. The van der Waals surface area contributed by atoms with Crippen LogP contribution in [0, 0.1) is 5.92 Å². The van der Waals surface area contributed by atoms with E-state index < -0.39 is 0 Å². The van der Waals surface area contributed by atoms with Crippen molar-refractivity contribution in [3.8, 4) is 5.75 Å². The Morgan fingerprint density at radius 2 is 2.04 bits per heavy atom. The molecule has 0 saturated heterocycles. The maximum Gasteiger partial charge on any atom is 0.317 e. The van der Waals surface area contributed by atoms with Gasteiger partial charge in [0.15, 0.2) is 0 Å². The summed E-state index contributed by atoms with van der Waals surface area (Å²) in [4.78, 5) is 16.0. The monoisotopic (exact) mass is 341 g/mol. The number of ether oxygens (including phenoxy) is 1. The molecule has 1 aromatic rings. The summed E-state index contributed by atoms with van der Waals surface area (Å²) in [5, 5.41) is 3.60. The number of urea groups is 1. The fraction of sp³-hybridized carbons (Fsp3) is 0.588. The molecule has 0 radical (unpaired) electrons. The Labute approximate surface area is 144 Å². The lowest BCUT2D eigenvalue weighted by atomic mass is 10.1. The predicted octanol–water partition coefficient (Wildman–Crippen LogP) is 3.08. The van der Waals surface area contributed by atoms with E-state index in [2.05, 4.69) is 17.1 Å². The highest BCUT2D eigenvalue weighted by Gasteiger charge is 2.14. The number of hydrogen-bond donors (Lipinski definition) is 1. The molecule has 0 unspecified atom stereocenters. The smallest absolute Gasteiger partial charge is 0.317 e. The van der Waals surface area contributed by atoms with Crippen molar-refractivity contribution in [1.29, 1.82) is 0 Å². The van der Waals surface area contributed by atoms with Gasteiger partial charge in [0.05, 0.1) is 13.2 Å². The molecule has 23 heavy (non-hydrogen) atoms. The summed E-state index contributed by atoms with van der Waals surface area (Å²) in [5.74, 6) is 1.16. The summed E-state index contributed by atoms with van der Waals surface area (Å²) in [5.41, 5.74) is 0.901. The molecule has 1 N–H and O–H groups in total. The number of amides is 2. The van der Waals surface area contributed by atoms with E-state index in [0.29, 0.717) is 30.6 Å². The maximum atomic E-state index is 12.2. The van der Waals surface area contributed by atoms with E-state index >= 15 is 0 Å². The molecule has 130 valence electrons. The molecule has 0 aliphatic carbocycles. The number of hydrogen-bond acceptors (Lipinski definition) is 3. The van der Waals surface area contributed by atoms with E-state index in [1.54, 1.807) is 18.0 Å². The lowest BCUT2D eigenvalue weighted by Gasteiger charge is -2.22. The topological polar surface area (TPSA) is 44.8 Å². The molecule has 1 aromatic carbocycles. The van der Waals surface area contributed by atoms with Gasteiger partial charge in [0.25, 0.3) is 0 Å². The quantitative estimate of drug-likeness (QED) is 0.790. The molecule has 6 heteroatoms. The maximum absolute atomic E-state index is 12.2. The number of carbonyl (C=O) groups excluding carboxylic acids is 1. The predicted molar refractivity (Wildman–Crippen MR) is 95.2 cm³/mol. The van der Waals surface area contributed by atoms with Gasteiger partial charge in [0.2, 0.25) is 0 Å². The standard InChI is InChI=1S/C17H28ClN3O2/c1-6-23-16-8-7-15(18)9-14(16)12-21(5)17(22)19-10-13(2)11-20(3)4/h7-9,13H,6,10-12H2,1-5H3,(H,19,22)/t13-/m1/s1. The van der Waals surface area contributed by atoms with Gasteiger partial charge in [-0.2, -0.15) is 0 Å². The molecule has 0 saturated carbocycles. The summed E-state index contributed by atoms with van der Waals surface area (Å²) in [6, 6.07) is 5.37. The third-order valence-corrected chi connectivity index (χ3v) is 3.59. The Balaban J connectivity index is 2.59. The Bertz CT molecular complexity index is 509. The van der Waals surface area contributed by atoms with Crippen LogP contribution in [0.2, 0.25) is 5.02 Å². The van der Waals surface area contributed by atoms with Crippen molar-refractivity contribution in [2.45, 2.75) is 20.4 Å². The summed E-state index contributed by atoms with van der Waals surface area (Å²) in [6.07, 6.45) is 0. The van der Waals surface area contributed by atoms with Crippen molar-refractivity contribution in [1.82, 2.24) is 15.1 Å². The van der Waals surface area contributed by atoms with Crippen LogP contribution in [0.5, 0.6) is 5.75 Å². The van der Waals surface area contributed by atoms with E-state index in [1.807, 2.05) is 33.2 Å². The first kappa shape index (κ1) is 19.6. The van der Waals surface area contributed by atoms with Crippen LogP contribution in [-0.2, 0) is 6.54 Å². The van der Waals surface area contributed by atoms with Crippen LogP contribution in [0.15, 0.2) is 18.2 Å². The fourth-order valence-corrected chi connectivity index (χ4v) is 2.57.